The summed E-state index contributed by atoms with van der Waals surface area (Å²) in [6, 6.07) is 4.08. The largest absolute Gasteiger partial charge is 0.455 e. The maximum Gasteiger partial charge on any atom is 0.374 e. The minimum absolute atomic E-state index is 0.104. The highest BCUT2D eigenvalue weighted by atomic mass is 16.6. The van der Waals surface area contributed by atoms with Gasteiger partial charge in [-0.2, -0.15) is 0 Å². The quantitative estimate of drug-likeness (QED) is 0.770. The van der Waals surface area contributed by atoms with Crippen LogP contribution in [-0.4, -0.2) is 24.8 Å². The fourth-order valence-electron chi connectivity index (χ4n) is 4.56. The molecule has 1 aliphatic heterocycles. The van der Waals surface area contributed by atoms with Gasteiger partial charge in [0.1, 0.15) is 11.7 Å². The molecule has 0 unspecified atom stereocenters. The van der Waals surface area contributed by atoms with Crippen LogP contribution in [0.4, 0.5) is 0 Å². The molecule has 1 saturated carbocycles. The van der Waals surface area contributed by atoms with Gasteiger partial charge in [0.2, 0.25) is 5.76 Å². The van der Waals surface area contributed by atoms with Crippen LogP contribution in [0.3, 0.4) is 0 Å². The Morgan fingerprint density at radius 1 is 1.21 bits per heavy atom. The SMILES string of the molecule is Cc1ccc(C)c2c(C)c(C(=O)O[C@@H]3[C@@H]4CCO[C@H]4C3(C)C)oc12. The summed E-state index contributed by atoms with van der Waals surface area (Å²) in [5.74, 6) is 0.295. The van der Waals surface area contributed by atoms with E-state index >= 15 is 0 Å². The molecule has 0 amide bonds. The predicted octanol–water partition coefficient (Wildman–Crippen LogP) is 4.33. The van der Waals surface area contributed by atoms with Crippen molar-refractivity contribution in [2.24, 2.45) is 11.3 Å². The van der Waals surface area contributed by atoms with Gasteiger partial charge in [-0.3, -0.25) is 0 Å². The third kappa shape index (κ3) is 1.99. The van der Waals surface area contributed by atoms with E-state index in [1.54, 1.807) is 0 Å². The molecule has 2 fully saturated rings. The first-order valence-electron chi connectivity index (χ1n) is 8.64. The minimum atomic E-state index is -0.356. The molecule has 4 rings (SSSR count). The Kier molecular flexibility index (Phi) is 3.33. The van der Waals surface area contributed by atoms with E-state index in [1.807, 2.05) is 26.8 Å². The van der Waals surface area contributed by atoms with Crippen molar-refractivity contribution in [2.45, 2.75) is 53.2 Å². The Morgan fingerprint density at radius 2 is 1.92 bits per heavy atom. The molecule has 24 heavy (non-hydrogen) atoms. The second-order valence-corrected chi connectivity index (χ2v) is 7.85. The Bertz CT molecular complexity index is 830. The number of rotatable bonds is 2. The molecule has 4 nitrogen and oxygen atoms in total. The second kappa shape index (κ2) is 5.09. The Hall–Kier alpha value is -1.81. The van der Waals surface area contributed by atoms with Crippen LogP contribution in [0, 0.1) is 32.1 Å². The van der Waals surface area contributed by atoms with E-state index in [2.05, 4.69) is 19.9 Å². The van der Waals surface area contributed by atoms with Gasteiger partial charge in [-0.15, -0.1) is 0 Å². The van der Waals surface area contributed by atoms with E-state index in [1.165, 1.54) is 0 Å². The lowest BCUT2D eigenvalue weighted by Crippen LogP contribution is -2.61. The third-order valence-corrected chi connectivity index (χ3v) is 5.89. The lowest BCUT2D eigenvalue weighted by atomic mass is 9.59. The Morgan fingerprint density at radius 3 is 2.62 bits per heavy atom. The number of fused-ring (bicyclic) bond motifs is 2. The fourth-order valence-corrected chi connectivity index (χ4v) is 4.56. The van der Waals surface area contributed by atoms with Crippen LogP contribution in [0.5, 0.6) is 0 Å². The average molecular weight is 328 g/mol. The third-order valence-electron chi connectivity index (χ3n) is 5.89. The highest BCUT2D eigenvalue weighted by molar-refractivity contribution is 5.98. The van der Waals surface area contributed by atoms with Crippen molar-refractivity contribution in [2.75, 3.05) is 6.61 Å². The standard InChI is InChI=1S/C20H24O4/c1-10-6-7-11(2)15-14(10)12(3)16(23-15)19(21)24-18-13-8-9-22-17(13)20(18,4)5/h6-7,13,17-18H,8-9H2,1-5H3/t13-,17-,18-/m1/s1. The first-order valence-corrected chi connectivity index (χ1v) is 8.64. The van der Waals surface area contributed by atoms with Gasteiger partial charge in [0.25, 0.3) is 0 Å². The van der Waals surface area contributed by atoms with Gasteiger partial charge in [-0.25, -0.2) is 4.79 Å². The number of ether oxygens (including phenoxy) is 2. The number of furan rings is 1. The van der Waals surface area contributed by atoms with Gasteiger partial charge in [0.05, 0.1) is 6.10 Å². The molecule has 3 atom stereocenters. The van der Waals surface area contributed by atoms with Crippen LogP contribution in [0.2, 0.25) is 0 Å². The van der Waals surface area contributed by atoms with Crippen LogP contribution >= 0.6 is 0 Å². The summed E-state index contributed by atoms with van der Waals surface area (Å²) in [7, 11) is 0. The first kappa shape index (κ1) is 15.7. The van der Waals surface area contributed by atoms with E-state index in [4.69, 9.17) is 13.9 Å². The van der Waals surface area contributed by atoms with Crippen LogP contribution in [0.1, 0.15) is 47.5 Å². The average Bonchev–Trinajstić information content (AvgIpc) is 3.12. The number of hydrogen-bond donors (Lipinski definition) is 0. The molecule has 1 aliphatic carbocycles. The summed E-state index contributed by atoms with van der Waals surface area (Å²) in [5, 5.41) is 1.02. The molecule has 0 spiro atoms. The van der Waals surface area contributed by atoms with Gasteiger partial charge < -0.3 is 13.9 Å². The summed E-state index contributed by atoms with van der Waals surface area (Å²) in [6.45, 7) is 10.9. The zero-order valence-corrected chi connectivity index (χ0v) is 14.9. The van der Waals surface area contributed by atoms with E-state index in [0.29, 0.717) is 11.7 Å². The molecular formula is C20H24O4. The van der Waals surface area contributed by atoms with Gasteiger partial charge in [-0.1, -0.05) is 26.0 Å². The van der Waals surface area contributed by atoms with Gasteiger partial charge in [-0.05, 0) is 38.3 Å². The van der Waals surface area contributed by atoms with E-state index in [0.717, 1.165) is 40.7 Å². The molecule has 2 aliphatic rings. The summed E-state index contributed by atoms with van der Waals surface area (Å²) < 4.78 is 17.6. The number of carbonyl (C=O) groups is 1. The summed E-state index contributed by atoms with van der Waals surface area (Å²) >= 11 is 0. The number of aryl methyl sites for hydroxylation is 3. The van der Waals surface area contributed by atoms with Crippen molar-refractivity contribution >= 4 is 16.9 Å². The van der Waals surface area contributed by atoms with Gasteiger partial charge in [0.15, 0.2) is 0 Å². The minimum Gasteiger partial charge on any atom is -0.455 e. The van der Waals surface area contributed by atoms with Gasteiger partial charge in [0, 0.05) is 28.9 Å². The smallest absolute Gasteiger partial charge is 0.374 e. The molecular weight excluding hydrogens is 304 g/mol. The van der Waals surface area contributed by atoms with Crippen LogP contribution < -0.4 is 0 Å². The fraction of sp³-hybridized carbons (Fsp3) is 0.550. The zero-order chi connectivity index (χ0) is 17.2. The lowest BCUT2D eigenvalue weighted by Gasteiger charge is -2.52. The van der Waals surface area contributed by atoms with E-state index in [9.17, 15) is 4.79 Å². The Balaban J connectivity index is 1.66. The summed E-state index contributed by atoms with van der Waals surface area (Å²) in [6.07, 6.45) is 1.06. The normalized spacial score (nSPS) is 27.8. The van der Waals surface area contributed by atoms with Crippen molar-refractivity contribution in [3.63, 3.8) is 0 Å². The van der Waals surface area contributed by atoms with Crippen molar-refractivity contribution in [1.29, 1.82) is 0 Å². The zero-order valence-electron chi connectivity index (χ0n) is 14.9. The Labute approximate surface area is 142 Å². The second-order valence-electron chi connectivity index (χ2n) is 7.85. The van der Waals surface area contributed by atoms with E-state index < -0.39 is 0 Å². The maximum absolute atomic E-state index is 12.8. The van der Waals surface area contributed by atoms with Crippen LogP contribution in [0.15, 0.2) is 16.5 Å². The number of benzene rings is 1. The molecule has 0 radical (unpaired) electrons. The highest BCUT2D eigenvalue weighted by Crippen LogP contribution is 2.54. The summed E-state index contributed by atoms with van der Waals surface area (Å²) in [4.78, 5) is 12.8. The molecule has 0 bridgehead atoms. The van der Waals surface area contributed by atoms with Crippen molar-refractivity contribution in [3.8, 4) is 0 Å². The molecule has 1 aromatic carbocycles. The van der Waals surface area contributed by atoms with Crippen molar-refractivity contribution < 1.29 is 18.7 Å². The first-order chi connectivity index (χ1) is 11.3. The topological polar surface area (TPSA) is 48.7 Å². The molecule has 1 aromatic heterocycles. The van der Waals surface area contributed by atoms with Crippen molar-refractivity contribution in [3.05, 3.63) is 34.6 Å². The van der Waals surface area contributed by atoms with Crippen LogP contribution in [-0.2, 0) is 9.47 Å². The molecule has 128 valence electrons. The molecule has 4 heteroatoms. The maximum atomic E-state index is 12.8. The number of esters is 1. The molecule has 0 N–H and O–H groups in total. The number of carbonyl (C=O) groups excluding carboxylic acids is 1. The summed E-state index contributed by atoms with van der Waals surface area (Å²) in [5.41, 5.74) is 3.67. The van der Waals surface area contributed by atoms with E-state index in [-0.39, 0.29) is 23.6 Å². The lowest BCUT2D eigenvalue weighted by molar-refractivity contribution is -0.183. The monoisotopic (exact) mass is 328 g/mol. The highest BCUT2D eigenvalue weighted by Gasteiger charge is 2.61. The molecule has 2 heterocycles. The number of hydrogen-bond acceptors (Lipinski definition) is 4. The van der Waals surface area contributed by atoms with Crippen LogP contribution in [0.25, 0.3) is 11.0 Å². The van der Waals surface area contributed by atoms with Gasteiger partial charge >= 0.3 is 5.97 Å². The van der Waals surface area contributed by atoms with Crippen molar-refractivity contribution in [1.82, 2.24) is 0 Å². The molecule has 2 aromatic rings. The molecule has 1 saturated heterocycles. The predicted molar refractivity (Wildman–Crippen MR) is 91.3 cm³/mol.